The zero-order chi connectivity index (χ0) is 14.7. The molecule has 0 fully saturated rings. The maximum absolute atomic E-state index is 4.55. The lowest BCUT2D eigenvalue weighted by Crippen LogP contribution is -2.24. The molecular formula is C16H19N5. The van der Waals surface area contributed by atoms with Gasteiger partial charge in [0.05, 0.1) is 5.52 Å². The van der Waals surface area contributed by atoms with Crippen molar-refractivity contribution in [2.24, 2.45) is 7.05 Å². The molecular weight excluding hydrogens is 262 g/mol. The third-order valence-corrected chi connectivity index (χ3v) is 3.68. The Morgan fingerprint density at radius 3 is 2.81 bits per heavy atom. The van der Waals surface area contributed by atoms with Crippen molar-refractivity contribution in [3.8, 4) is 0 Å². The molecule has 0 amide bonds. The van der Waals surface area contributed by atoms with Crippen molar-refractivity contribution in [1.82, 2.24) is 25.1 Å². The van der Waals surface area contributed by atoms with Crippen LogP contribution in [-0.2, 0) is 13.5 Å². The fraction of sp³-hybridized carbons (Fsp3) is 0.312. The topological polar surface area (TPSA) is 55.6 Å². The summed E-state index contributed by atoms with van der Waals surface area (Å²) < 4.78 is 1.82. The van der Waals surface area contributed by atoms with E-state index in [0.29, 0.717) is 0 Å². The Bertz CT molecular complexity index is 729. The highest BCUT2D eigenvalue weighted by Crippen LogP contribution is 2.24. The van der Waals surface area contributed by atoms with Crippen LogP contribution >= 0.6 is 0 Å². The van der Waals surface area contributed by atoms with Crippen LogP contribution in [0.1, 0.15) is 24.4 Å². The number of hydrogen-bond donors (Lipinski definition) is 1. The lowest BCUT2D eigenvalue weighted by Gasteiger charge is -2.19. The predicted octanol–water partition coefficient (Wildman–Crippen LogP) is 2.26. The first kappa shape index (κ1) is 13.7. The van der Waals surface area contributed by atoms with Crippen molar-refractivity contribution in [2.75, 3.05) is 6.54 Å². The van der Waals surface area contributed by atoms with Crippen LogP contribution in [0.4, 0.5) is 0 Å². The van der Waals surface area contributed by atoms with Crippen LogP contribution in [0.2, 0.25) is 0 Å². The molecule has 0 saturated carbocycles. The van der Waals surface area contributed by atoms with E-state index in [1.54, 1.807) is 6.33 Å². The minimum absolute atomic E-state index is 0.177. The van der Waals surface area contributed by atoms with Crippen LogP contribution in [0.5, 0.6) is 0 Å². The minimum atomic E-state index is 0.177. The molecule has 1 N–H and O–H groups in total. The van der Waals surface area contributed by atoms with Gasteiger partial charge in [-0.3, -0.25) is 9.67 Å². The number of likely N-dealkylation sites (N-methyl/N-ethyl adjacent to an activating group) is 1. The first-order valence-corrected chi connectivity index (χ1v) is 7.19. The molecule has 0 aliphatic carbocycles. The van der Waals surface area contributed by atoms with Crippen molar-refractivity contribution >= 4 is 10.9 Å². The van der Waals surface area contributed by atoms with Crippen LogP contribution in [0, 0.1) is 0 Å². The number of pyridine rings is 1. The third-order valence-electron chi connectivity index (χ3n) is 3.68. The number of rotatable bonds is 5. The van der Waals surface area contributed by atoms with E-state index in [1.165, 1.54) is 5.56 Å². The van der Waals surface area contributed by atoms with Gasteiger partial charge in [-0.25, -0.2) is 4.98 Å². The largest absolute Gasteiger partial charge is 0.310 e. The molecule has 1 atom stereocenters. The van der Waals surface area contributed by atoms with E-state index in [-0.39, 0.29) is 6.04 Å². The van der Waals surface area contributed by atoms with E-state index in [4.69, 9.17) is 0 Å². The predicted molar refractivity (Wildman–Crippen MR) is 82.9 cm³/mol. The molecule has 0 radical (unpaired) electrons. The number of aromatic nitrogens is 4. The Hall–Kier alpha value is -2.27. The first-order chi connectivity index (χ1) is 10.3. The van der Waals surface area contributed by atoms with Gasteiger partial charge >= 0.3 is 0 Å². The summed E-state index contributed by atoms with van der Waals surface area (Å²) in [5.74, 6) is 0.967. The van der Waals surface area contributed by atoms with Gasteiger partial charge in [-0.15, -0.1) is 0 Å². The Balaban J connectivity index is 2.01. The molecule has 3 rings (SSSR count). The molecule has 0 bridgehead atoms. The number of nitrogens with one attached hydrogen (secondary N) is 1. The van der Waals surface area contributed by atoms with E-state index in [1.807, 2.05) is 24.0 Å². The average Bonchev–Trinajstić information content (AvgIpc) is 2.91. The van der Waals surface area contributed by atoms with E-state index >= 15 is 0 Å². The summed E-state index contributed by atoms with van der Waals surface area (Å²) in [6.07, 6.45) is 4.23. The van der Waals surface area contributed by atoms with Crippen molar-refractivity contribution in [1.29, 1.82) is 0 Å². The highest BCUT2D eigenvalue weighted by atomic mass is 15.3. The standard InChI is InChI=1S/C16H19N5/c1-3-17-14(10-15-19-11-20-21(15)2)13-8-4-6-12-7-5-9-18-16(12)13/h4-9,11,14,17H,3,10H2,1-2H3. The molecule has 1 unspecified atom stereocenters. The molecule has 5 heteroatoms. The van der Waals surface area contributed by atoms with E-state index in [2.05, 4.69) is 51.6 Å². The Morgan fingerprint density at radius 1 is 1.19 bits per heavy atom. The zero-order valence-electron chi connectivity index (χ0n) is 12.3. The molecule has 21 heavy (non-hydrogen) atoms. The smallest absolute Gasteiger partial charge is 0.138 e. The summed E-state index contributed by atoms with van der Waals surface area (Å²) in [6.45, 7) is 3.01. The Morgan fingerprint density at radius 2 is 2.05 bits per heavy atom. The second-order valence-corrected chi connectivity index (χ2v) is 5.04. The average molecular weight is 281 g/mol. The van der Waals surface area contributed by atoms with Crippen molar-refractivity contribution in [3.63, 3.8) is 0 Å². The quantitative estimate of drug-likeness (QED) is 0.779. The van der Waals surface area contributed by atoms with Crippen molar-refractivity contribution in [2.45, 2.75) is 19.4 Å². The summed E-state index contributed by atoms with van der Waals surface area (Å²) >= 11 is 0. The Kier molecular flexibility index (Phi) is 3.92. The fourth-order valence-electron chi connectivity index (χ4n) is 2.63. The SMILES string of the molecule is CCNC(Cc1ncnn1C)c1cccc2cccnc12. The second-order valence-electron chi connectivity index (χ2n) is 5.04. The van der Waals surface area contributed by atoms with Gasteiger partial charge in [0.2, 0.25) is 0 Å². The molecule has 2 aromatic heterocycles. The first-order valence-electron chi connectivity index (χ1n) is 7.19. The zero-order valence-corrected chi connectivity index (χ0v) is 12.3. The summed E-state index contributed by atoms with van der Waals surface area (Å²) in [6, 6.07) is 10.6. The van der Waals surface area contributed by atoms with Gasteiger partial charge in [-0.05, 0) is 18.2 Å². The summed E-state index contributed by atoms with van der Waals surface area (Å²) in [4.78, 5) is 8.89. The second kappa shape index (κ2) is 6.01. The molecule has 2 heterocycles. The molecule has 1 aromatic carbocycles. The van der Waals surface area contributed by atoms with Gasteiger partial charge in [0.1, 0.15) is 12.2 Å². The number of para-hydroxylation sites is 1. The highest BCUT2D eigenvalue weighted by molar-refractivity contribution is 5.82. The van der Waals surface area contributed by atoms with Gasteiger partial charge in [-0.2, -0.15) is 5.10 Å². The Labute approximate surface area is 124 Å². The van der Waals surface area contributed by atoms with Crippen LogP contribution in [-0.4, -0.2) is 26.3 Å². The van der Waals surface area contributed by atoms with Gasteiger partial charge in [0.25, 0.3) is 0 Å². The maximum atomic E-state index is 4.55. The molecule has 0 saturated heterocycles. The van der Waals surface area contributed by atoms with Crippen LogP contribution in [0.15, 0.2) is 42.9 Å². The van der Waals surface area contributed by atoms with Crippen LogP contribution in [0.3, 0.4) is 0 Å². The highest BCUT2D eigenvalue weighted by Gasteiger charge is 2.17. The summed E-state index contributed by atoms with van der Waals surface area (Å²) in [5, 5.41) is 8.85. The number of fused-ring (bicyclic) bond motifs is 1. The van der Waals surface area contributed by atoms with Gasteiger partial charge in [0.15, 0.2) is 0 Å². The van der Waals surface area contributed by atoms with E-state index in [0.717, 1.165) is 29.7 Å². The molecule has 0 spiro atoms. The van der Waals surface area contributed by atoms with Gasteiger partial charge in [-0.1, -0.05) is 31.2 Å². The molecule has 0 aliphatic heterocycles. The molecule has 5 nitrogen and oxygen atoms in total. The normalized spacial score (nSPS) is 12.7. The van der Waals surface area contributed by atoms with Gasteiger partial charge < -0.3 is 5.32 Å². The maximum Gasteiger partial charge on any atom is 0.138 e. The fourth-order valence-corrected chi connectivity index (χ4v) is 2.63. The van der Waals surface area contributed by atoms with E-state index in [9.17, 15) is 0 Å². The van der Waals surface area contributed by atoms with E-state index < -0.39 is 0 Å². The van der Waals surface area contributed by atoms with Crippen LogP contribution in [0.25, 0.3) is 10.9 Å². The summed E-state index contributed by atoms with van der Waals surface area (Å²) in [7, 11) is 1.92. The monoisotopic (exact) mass is 281 g/mol. The summed E-state index contributed by atoms with van der Waals surface area (Å²) in [5.41, 5.74) is 2.26. The molecule has 3 aromatic rings. The van der Waals surface area contributed by atoms with Crippen LogP contribution < -0.4 is 5.32 Å². The number of benzene rings is 1. The van der Waals surface area contributed by atoms with Crippen molar-refractivity contribution < 1.29 is 0 Å². The molecule has 0 aliphatic rings. The number of hydrogen-bond acceptors (Lipinski definition) is 4. The minimum Gasteiger partial charge on any atom is -0.310 e. The lowest BCUT2D eigenvalue weighted by atomic mass is 10.00. The lowest BCUT2D eigenvalue weighted by molar-refractivity contribution is 0.524. The number of nitrogens with zero attached hydrogens (tertiary/aromatic N) is 4. The number of aryl methyl sites for hydroxylation is 1. The third kappa shape index (κ3) is 2.78. The molecule has 108 valence electrons. The van der Waals surface area contributed by atoms with Crippen molar-refractivity contribution in [3.05, 3.63) is 54.2 Å². The van der Waals surface area contributed by atoms with Gasteiger partial charge in [0, 0.05) is 31.1 Å².